The van der Waals surface area contributed by atoms with E-state index >= 15 is 4.39 Å². The van der Waals surface area contributed by atoms with E-state index in [4.69, 9.17) is 14.2 Å². The number of methoxy groups -OCH3 is 1. The average Bonchev–Trinajstić information content (AvgIpc) is 2.95. The molecule has 0 saturated heterocycles. The molecule has 41 heavy (non-hydrogen) atoms. The van der Waals surface area contributed by atoms with Gasteiger partial charge in [0, 0.05) is 17.6 Å². The van der Waals surface area contributed by atoms with Crippen LogP contribution in [0.1, 0.15) is 37.7 Å². The number of esters is 1. The molecule has 1 saturated carbocycles. The second-order valence-electron chi connectivity index (χ2n) is 9.79. The molecule has 4 aromatic rings. The van der Waals surface area contributed by atoms with Crippen molar-refractivity contribution in [1.82, 2.24) is 4.98 Å². The molecular formula is C30H26F3NO6S. The molecule has 0 radical (unpaired) electrons. The number of aromatic nitrogens is 1. The first-order valence-electron chi connectivity index (χ1n) is 13.0. The Bertz CT molecular complexity index is 1720. The van der Waals surface area contributed by atoms with Crippen LogP contribution in [0.3, 0.4) is 0 Å². The first-order chi connectivity index (χ1) is 19.6. The molecular weight excluding hydrogens is 559 g/mol. The Labute approximate surface area is 234 Å². The van der Waals surface area contributed by atoms with E-state index in [1.165, 1.54) is 31.5 Å². The SMILES string of the molecule is COc1cc2c(Oc3ccc(CS(=O)(=O)c4cc(F)ccc4F)cc3F)ccnc2cc1OC(=O)C1CCCCC1. The third-order valence-corrected chi connectivity index (χ3v) is 8.63. The zero-order valence-corrected chi connectivity index (χ0v) is 22.8. The number of hydrogen-bond acceptors (Lipinski definition) is 7. The van der Waals surface area contributed by atoms with Crippen molar-refractivity contribution in [3.8, 4) is 23.0 Å². The minimum Gasteiger partial charge on any atom is -0.493 e. The summed E-state index contributed by atoms with van der Waals surface area (Å²) < 4.78 is 84.8. The van der Waals surface area contributed by atoms with E-state index in [2.05, 4.69) is 4.98 Å². The highest BCUT2D eigenvalue weighted by molar-refractivity contribution is 7.90. The molecule has 0 spiro atoms. The summed E-state index contributed by atoms with van der Waals surface area (Å²) >= 11 is 0. The number of ether oxygens (including phenoxy) is 3. The summed E-state index contributed by atoms with van der Waals surface area (Å²) in [5, 5.41) is 0.453. The number of carbonyl (C=O) groups excluding carboxylic acids is 1. The van der Waals surface area contributed by atoms with E-state index in [9.17, 15) is 22.0 Å². The Morgan fingerprint density at radius 2 is 1.66 bits per heavy atom. The number of sulfone groups is 1. The van der Waals surface area contributed by atoms with Crippen LogP contribution in [0.15, 0.2) is 65.7 Å². The molecule has 0 atom stereocenters. The lowest BCUT2D eigenvalue weighted by atomic mass is 9.89. The third-order valence-electron chi connectivity index (χ3n) is 6.94. The van der Waals surface area contributed by atoms with Gasteiger partial charge in [0.05, 0.1) is 24.3 Å². The van der Waals surface area contributed by atoms with Crippen molar-refractivity contribution in [1.29, 1.82) is 0 Å². The maximum atomic E-state index is 15.0. The van der Waals surface area contributed by atoms with Crippen LogP contribution in [0.5, 0.6) is 23.0 Å². The van der Waals surface area contributed by atoms with Gasteiger partial charge in [-0.2, -0.15) is 0 Å². The van der Waals surface area contributed by atoms with Gasteiger partial charge in [0.2, 0.25) is 0 Å². The van der Waals surface area contributed by atoms with Gasteiger partial charge in [-0.1, -0.05) is 25.3 Å². The van der Waals surface area contributed by atoms with Crippen LogP contribution in [0.4, 0.5) is 13.2 Å². The zero-order chi connectivity index (χ0) is 29.1. The fraction of sp³-hybridized carbons (Fsp3) is 0.267. The van der Waals surface area contributed by atoms with Crippen molar-refractivity contribution < 1.29 is 40.6 Å². The lowest BCUT2D eigenvalue weighted by Crippen LogP contribution is -2.22. The number of fused-ring (bicyclic) bond motifs is 1. The van der Waals surface area contributed by atoms with Gasteiger partial charge in [0.25, 0.3) is 0 Å². The van der Waals surface area contributed by atoms with Gasteiger partial charge < -0.3 is 14.2 Å². The molecule has 1 aliphatic rings. The lowest BCUT2D eigenvalue weighted by Gasteiger charge is -2.20. The normalized spacial score (nSPS) is 14.1. The third kappa shape index (κ3) is 6.30. The second-order valence-corrected chi connectivity index (χ2v) is 11.7. The molecule has 1 fully saturated rings. The monoisotopic (exact) mass is 585 g/mol. The highest BCUT2D eigenvalue weighted by Gasteiger charge is 2.25. The van der Waals surface area contributed by atoms with Crippen LogP contribution >= 0.6 is 0 Å². The van der Waals surface area contributed by atoms with E-state index in [-0.39, 0.29) is 40.4 Å². The number of rotatable bonds is 8. The minimum atomic E-state index is -4.29. The predicted octanol–water partition coefficient (Wildman–Crippen LogP) is 6.91. The maximum Gasteiger partial charge on any atom is 0.314 e. The predicted molar refractivity (Wildman–Crippen MR) is 144 cm³/mol. The number of hydrogen-bond donors (Lipinski definition) is 0. The fourth-order valence-electron chi connectivity index (χ4n) is 4.83. The molecule has 7 nitrogen and oxygen atoms in total. The minimum absolute atomic E-state index is 0.0178. The number of pyridine rings is 1. The summed E-state index contributed by atoms with van der Waals surface area (Å²) in [5.41, 5.74) is 0.430. The molecule has 0 N–H and O–H groups in total. The van der Waals surface area contributed by atoms with Crippen LogP contribution in [0.2, 0.25) is 0 Å². The number of nitrogens with zero attached hydrogens (tertiary/aromatic N) is 1. The van der Waals surface area contributed by atoms with Gasteiger partial charge in [-0.3, -0.25) is 9.78 Å². The second kappa shape index (κ2) is 11.8. The van der Waals surface area contributed by atoms with E-state index in [0.29, 0.717) is 17.0 Å². The molecule has 0 bridgehead atoms. The quantitative estimate of drug-likeness (QED) is 0.164. The van der Waals surface area contributed by atoms with Crippen LogP contribution in [0, 0.1) is 23.4 Å². The summed E-state index contributed by atoms with van der Waals surface area (Å²) in [6.07, 6.45) is 6.08. The maximum absolute atomic E-state index is 15.0. The average molecular weight is 586 g/mol. The Morgan fingerprint density at radius 3 is 2.39 bits per heavy atom. The van der Waals surface area contributed by atoms with Crippen molar-refractivity contribution in [2.45, 2.75) is 42.8 Å². The van der Waals surface area contributed by atoms with E-state index in [1.807, 2.05) is 0 Å². The first-order valence-corrected chi connectivity index (χ1v) is 14.6. The Morgan fingerprint density at radius 1 is 0.878 bits per heavy atom. The molecule has 1 aromatic heterocycles. The van der Waals surface area contributed by atoms with Crippen molar-refractivity contribution in [3.05, 3.63) is 83.8 Å². The standard InChI is InChI=1S/C30H26F3NO6S/c1-38-27-15-21-24(16-28(27)40-30(35)19-5-3-2-4-6-19)34-12-11-25(21)39-26-10-7-18(13-23(26)33)17-41(36,37)29-14-20(31)8-9-22(29)32/h7-16,19H,2-6,17H2,1H3. The molecule has 11 heteroatoms. The molecule has 0 unspecified atom stereocenters. The van der Waals surface area contributed by atoms with Crippen molar-refractivity contribution >= 4 is 26.7 Å². The van der Waals surface area contributed by atoms with E-state index in [1.54, 1.807) is 12.1 Å². The van der Waals surface area contributed by atoms with Gasteiger partial charge in [-0.05, 0) is 60.9 Å². The van der Waals surface area contributed by atoms with Crippen LogP contribution in [-0.4, -0.2) is 26.5 Å². The largest absolute Gasteiger partial charge is 0.493 e. The van der Waals surface area contributed by atoms with E-state index < -0.39 is 37.9 Å². The van der Waals surface area contributed by atoms with Gasteiger partial charge >= 0.3 is 5.97 Å². The molecule has 0 aliphatic heterocycles. The fourth-order valence-corrected chi connectivity index (χ4v) is 6.27. The first kappa shape index (κ1) is 28.4. The lowest BCUT2D eigenvalue weighted by molar-refractivity contribution is -0.140. The number of halogens is 3. The zero-order valence-electron chi connectivity index (χ0n) is 22.0. The van der Waals surface area contributed by atoms with Gasteiger partial charge in [-0.15, -0.1) is 0 Å². The van der Waals surface area contributed by atoms with Gasteiger partial charge in [0.15, 0.2) is 32.9 Å². The highest BCUT2D eigenvalue weighted by atomic mass is 32.2. The van der Waals surface area contributed by atoms with Crippen LogP contribution in [0.25, 0.3) is 10.9 Å². The molecule has 3 aromatic carbocycles. The highest BCUT2D eigenvalue weighted by Crippen LogP contribution is 2.38. The molecule has 214 valence electrons. The smallest absolute Gasteiger partial charge is 0.314 e. The molecule has 5 rings (SSSR count). The van der Waals surface area contributed by atoms with Crippen LogP contribution in [-0.2, 0) is 20.4 Å². The molecule has 0 amide bonds. The number of carbonyl (C=O) groups is 1. The summed E-state index contributed by atoms with van der Waals surface area (Å²) in [5.74, 6) is -3.61. The summed E-state index contributed by atoms with van der Waals surface area (Å²) in [7, 11) is -2.86. The molecule has 1 heterocycles. The Hall–Kier alpha value is -4.12. The van der Waals surface area contributed by atoms with Crippen molar-refractivity contribution in [2.75, 3.05) is 7.11 Å². The van der Waals surface area contributed by atoms with Crippen molar-refractivity contribution in [2.24, 2.45) is 5.92 Å². The van der Waals surface area contributed by atoms with Crippen molar-refractivity contribution in [3.63, 3.8) is 0 Å². The Balaban J connectivity index is 1.38. The van der Waals surface area contributed by atoms with Gasteiger partial charge in [-0.25, -0.2) is 21.6 Å². The Kier molecular flexibility index (Phi) is 8.16. The van der Waals surface area contributed by atoms with Crippen LogP contribution < -0.4 is 14.2 Å². The molecule has 1 aliphatic carbocycles. The summed E-state index contributed by atoms with van der Waals surface area (Å²) in [4.78, 5) is 16.2. The number of benzene rings is 3. The van der Waals surface area contributed by atoms with Gasteiger partial charge in [0.1, 0.15) is 22.3 Å². The summed E-state index contributed by atoms with van der Waals surface area (Å²) in [6.45, 7) is 0. The topological polar surface area (TPSA) is 91.8 Å². The summed E-state index contributed by atoms with van der Waals surface area (Å²) in [6, 6.07) is 10.3. The van der Waals surface area contributed by atoms with E-state index in [0.717, 1.165) is 50.3 Å².